The molecular weight excluding hydrogens is 326 g/mol. The third-order valence-corrected chi connectivity index (χ3v) is 3.96. The van der Waals surface area contributed by atoms with Crippen LogP contribution < -0.4 is 5.32 Å². The molecular formula is C16H11N5O2S. The smallest absolute Gasteiger partial charge is 0.322 e. The van der Waals surface area contributed by atoms with Gasteiger partial charge in [-0.1, -0.05) is 35.4 Å². The van der Waals surface area contributed by atoms with Crippen LogP contribution in [0.2, 0.25) is 0 Å². The van der Waals surface area contributed by atoms with Gasteiger partial charge < -0.3 is 4.42 Å². The van der Waals surface area contributed by atoms with Crippen molar-refractivity contribution in [1.82, 2.24) is 18.9 Å². The molecule has 0 fully saturated rings. The lowest BCUT2D eigenvalue weighted by atomic mass is 10.2. The molecule has 4 rings (SSSR count). The zero-order valence-electron chi connectivity index (χ0n) is 12.3. The van der Waals surface area contributed by atoms with Gasteiger partial charge in [-0.3, -0.25) is 10.1 Å². The summed E-state index contributed by atoms with van der Waals surface area (Å²) in [7, 11) is 0. The highest BCUT2D eigenvalue weighted by molar-refractivity contribution is 7.00. The molecule has 7 nitrogen and oxygen atoms in total. The highest BCUT2D eigenvalue weighted by Crippen LogP contribution is 2.16. The van der Waals surface area contributed by atoms with Crippen LogP contribution in [0.5, 0.6) is 0 Å². The normalized spacial score (nSPS) is 10.8. The number of benzene rings is 2. The van der Waals surface area contributed by atoms with E-state index in [2.05, 4.69) is 24.3 Å². The Labute approximate surface area is 140 Å². The summed E-state index contributed by atoms with van der Waals surface area (Å²) in [6, 6.07) is 15.0. The number of fused-ring (bicyclic) bond motifs is 1. The van der Waals surface area contributed by atoms with Crippen molar-refractivity contribution in [2.24, 2.45) is 0 Å². The van der Waals surface area contributed by atoms with Crippen LogP contribution >= 0.6 is 11.7 Å². The van der Waals surface area contributed by atoms with Gasteiger partial charge in [0.2, 0.25) is 5.89 Å². The number of carbonyl (C=O) groups is 1. The first kappa shape index (κ1) is 14.5. The van der Waals surface area contributed by atoms with E-state index in [0.717, 1.165) is 22.8 Å². The second-order valence-corrected chi connectivity index (χ2v) is 5.61. The Morgan fingerprint density at radius 3 is 2.75 bits per heavy atom. The van der Waals surface area contributed by atoms with Crippen molar-refractivity contribution in [3.63, 3.8) is 0 Å². The van der Waals surface area contributed by atoms with E-state index in [1.54, 1.807) is 18.2 Å². The zero-order chi connectivity index (χ0) is 16.4. The Morgan fingerprint density at radius 2 is 1.88 bits per heavy atom. The summed E-state index contributed by atoms with van der Waals surface area (Å²) in [5, 5.41) is 10.4. The maximum absolute atomic E-state index is 12.3. The first-order valence-corrected chi connectivity index (χ1v) is 7.91. The van der Waals surface area contributed by atoms with E-state index >= 15 is 0 Å². The van der Waals surface area contributed by atoms with Crippen molar-refractivity contribution in [2.75, 3.05) is 5.32 Å². The summed E-state index contributed by atoms with van der Waals surface area (Å²) in [6.07, 6.45) is 0.514. The lowest BCUT2D eigenvalue weighted by molar-refractivity contribution is 0.102. The second kappa shape index (κ2) is 6.17. The van der Waals surface area contributed by atoms with Crippen LogP contribution in [-0.4, -0.2) is 24.9 Å². The van der Waals surface area contributed by atoms with Crippen LogP contribution in [0.1, 0.15) is 21.8 Å². The molecule has 2 aromatic carbocycles. The molecule has 0 bridgehead atoms. The minimum Gasteiger partial charge on any atom is -0.407 e. The van der Waals surface area contributed by atoms with Crippen molar-refractivity contribution in [2.45, 2.75) is 6.42 Å². The first-order valence-electron chi connectivity index (χ1n) is 7.18. The van der Waals surface area contributed by atoms with Gasteiger partial charge in [0.1, 0.15) is 11.0 Å². The minimum absolute atomic E-state index is 0.0717. The summed E-state index contributed by atoms with van der Waals surface area (Å²) in [4.78, 5) is 12.3. The summed E-state index contributed by atoms with van der Waals surface area (Å²) in [6.45, 7) is 0. The predicted octanol–water partition coefficient (Wildman–Crippen LogP) is 2.92. The van der Waals surface area contributed by atoms with Crippen molar-refractivity contribution >= 4 is 34.7 Å². The summed E-state index contributed by atoms with van der Waals surface area (Å²) < 4.78 is 13.7. The molecule has 4 aromatic rings. The number of nitrogens with zero attached hydrogens (tertiary/aromatic N) is 4. The number of anilines is 1. The average Bonchev–Trinajstić information content (AvgIpc) is 3.24. The van der Waals surface area contributed by atoms with Crippen molar-refractivity contribution < 1.29 is 9.21 Å². The Kier molecular flexibility index (Phi) is 3.72. The topological polar surface area (TPSA) is 93.8 Å². The van der Waals surface area contributed by atoms with Crippen LogP contribution in [0.4, 0.5) is 6.01 Å². The fraction of sp³-hybridized carbons (Fsp3) is 0.0625. The number of nitrogens with one attached hydrogen (secondary N) is 1. The number of carbonyl (C=O) groups excluding carboxylic acids is 1. The highest BCUT2D eigenvalue weighted by atomic mass is 32.1. The molecule has 0 saturated heterocycles. The van der Waals surface area contributed by atoms with E-state index in [1.165, 1.54) is 0 Å². The number of aromatic nitrogens is 4. The Bertz CT molecular complexity index is 996. The Hall–Kier alpha value is -3.13. The van der Waals surface area contributed by atoms with E-state index in [0.29, 0.717) is 23.4 Å². The molecule has 0 aliphatic rings. The molecule has 0 radical (unpaired) electrons. The third-order valence-electron chi connectivity index (χ3n) is 3.40. The maximum atomic E-state index is 12.3. The number of hydrogen-bond acceptors (Lipinski definition) is 7. The molecule has 118 valence electrons. The molecule has 0 spiro atoms. The van der Waals surface area contributed by atoms with Gasteiger partial charge in [0.05, 0.1) is 18.1 Å². The Balaban J connectivity index is 1.47. The first-order chi connectivity index (χ1) is 11.8. The molecule has 0 unspecified atom stereocenters. The largest absolute Gasteiger partial charge is 0.407 e. The maximum Gasteiger partial charge on any atom is 0.322 e. The van der Waals surface area contributed by atoms with Crippen molar-refractivity contribution in [3.05, 3.63) is 65.5 Å². The molecule has 2 heterocycles. The van der Waals surface area contributed by atoms with Gasteiger partial charge in [-0.05, 0) is 23.8 Å². The fourth-order valence-corrected chi connectivity index (χ4v) is 2.76. The van der Waals surface area contributed by atoms with Crippen LogP contribution in [0.3, 0.4) is 0 Å². The van der Waals surface area contributed by atoms with E-state index in [1.807, 2.05) is 30.3 Å². The SMILES string of the molecule is O=C(Nc1nnc(Cc2ccccc2)o1)c1ccc2nsnc2c1. The van der Waals surface area contributed by atoms with E-state index in [4.69, 9.17) is 4.42 Å². The van der Waals surface area contributed by atoms with Crippen molar-refractivity contribution in [1.29, 1.82) is 0 Å². The summed E-state index contributed by atoms with van der Waals surface area (Å²) >= 11 is 1.11. The second-order valence-electron chi connectivity index (χ2n) is 5.09. The lowest BCUT2D eigenvalue weighted by Crippen LogP contribution is -2.12. The van der Waals surface area contributed by atoms with E-state index < -0.39 is 0 Å². The zero-order valence-corrected chi connectivity index (χ0v) is 13.2. The van der Waals surface area contributed by atoms with Gasteiger partial charge in [0.15, 0.2) is 0 Å². The Morgan fingerprint density at radius 1 is 1.04 bits per heavy atom. The number of amides is 1. The average molecular weight is 337 g/mol. The predicted molar refractivity (Wildman–Crippen MR) is 88.9 cm³/mol. The molecule has 1 amide bonds. The lowest BCUT2D eigenvalue weighted by Gasteiger charge is -2.00. The van der Waals surface area contributed by atoms with Gasteiger partial charge in [0.25, 0.3) is 5.91 Å². The quantitative estimate of drug-likeness (QED) is 0.615. The van der Waals surface area contributed by atoms with Crippen LogP contribution in [-0.2, 0) is 6.42 Å². The van der Waals surface area contributed by atoms with Crippen LogP contribution in [0, 0.1) is 0 Å². The molecule has 8 heteroatoms. The van der Waals surface area contributed by atoms with Crippen molar-refractivity contribution in [3.8, 4) is 0 Å². The van der Waals surface area contributed by atoms with Gasteiger partial charge in [-0.25, -0.2) is 0 Å². The van der Waals surface area contributed by atoms with Gasteiger partial charge in [-0.2, -0.15) is 8.75 Å². The number of hydrogen-bond donors (Lipinski definition) is 1. The van der Waals surface area contributed by atoms with Crippen LogP contribution in [0.25, 0.3) is 11.0 Å². The molecule has 2 aromatic heterocycles. The molecule has 1 N–H and O–H groups in total. The van der Waals surface area contributed by atoms with E-state index in [9.17, 15) is 4.79 Å². The molecule has 0 atom stereocenters. The molecule has 0 saturated carbocycles. The van der Waals surface area contributed by atoms with Gasteiger partial charge in [0, 0.05) is 5.56 Å². The molecule has 0 aliphatic heterocycles. The van der Waals surface area contributed by atoms with Gasteiger partial charge in [-0.15, -0.1) is 5.10 Å². The summed E-state index contributed by atoms with van der Waals surface area (Å²) in [5.41, 5.74) is 2.96. The minimum atomic E-state index is -0.334. The molecule has 24 heavy (non-hydrogen) atoms. The van der Waals surface area contributed by atoms with E-state index in [-0.39, 0.29) is 11.9 Å². The molecule has 0 aliphatic carbocycles. The fourth-order valence-electron chi connectivity index (χ4n) is 2.24. The monoisotopic (exact) mass is 337 g/mol. The standard InChI is InChI=1S/C16H11N5O2S/c22-15(11-6-7-12-13(9-11)21-24-20-12)17-16-19-18-14(23-16)8-10-4-2-1-3-5-10/h1-7,9H,8H2,(H,17,19,22). The number of rotatable bonds is 4. The van der Waals surface area contributed by atoms with Gasteiger partial charge >= 0.3 is 6.01 Å². The summed E-state index contributed by atoms with van der Waals surface area (Å²) in [5.74, 6) is 0.107. The highest BCUT2D eigenvalue weighted by Gasteiger charge is 2.13. The third kappa shape index (κ3) is 2.99. The van der Waals surface area contributed by atoms with Crippen LogP contribution in [0.15, 0.2) is 52.9 Å².